The van der Waals surface area contributed by atoms with Crippen LogP contribution in [0.3, 0.4) is 0 Å². The van der Waals surface area contributed by atoms with Gasteiger partial charge in [0.1, 0.15) is 5.60 Å². The molecule has 2 fully saturated rings. The number of aromatic nitrogens is 1. The van der Waals surface area contributed by atoms with Crippen LogP contribution in [0.4, 0.5) is 0 Å². The van der Waals surface area contributed by atoms with Gasteiger partial charge in [0.15, 0.2) is 0 Å². The Kier molecular flexibility index (Phi) is 3.41. The predicted octanol–water partition coefficient (Wildman–Crippen LogP) is 2.89. The summed E-state index contributed by atoms with van der Waals surface area (Å²) in [4.78, 5) is 17.1. The van der Waals surface area contributed by atoms with Crippen LogP contribution in [-0.2, 0) is 16.0 Å². The van der Waals surface area contributed by atoms with E-state index >= 15 is 0 Å². The van der Waals surface area contributed by atoms with E-state index < -0.39 is 11.6 Å². The molecule has 1 aromatic rings. The number of rotatable bonds is 4. The number of nitrogens with zero attached hydrogens (tertiary/aromatic N) is 1. The van der Waals surface area contributed by atoms with E-state index in [0.717, 1.165) is 42.5 Å². The van der Waals surface area contributed by atoms with Crippen molar-refractivity contribution in [2.45, 2.75) is 58.0 Å². The molecule has 5 heteroatoms. The summed E-state index contributed by atoms with van der Waals surface area (Å²) in [7, 11) is 0. The minimum atomic E-state index is -1.50. The van der Waals surface area contributed by atoms with Gasteiger partial charge >= 0.3 is 5.97 Å². The van der Waals surface area contributed by atoms with Crippen molar-refractivity contribution in [3.8, 4) is 0 Å². The zero-order valence-corrected chi connectivity index (χ0v) is 16.3. The highest BCUT2D eigenvalue weighted by molar-refractivity contribution is 5.93. The van der Waals surface area contributed by atoms with Gasteiger partial charge in [0, 0.05) is 17.9 Å². The van der Waals surface area contributed by atoms with Crippen LogP contribution in [-0.4, -0.2) is 35.0 Å². The number of hydrogen-bond donors (Lipinski definition) is 2. The molecule has 0 amide bonds. The topological polar surface area (TPSA) is 80.9 Å². The average molecular weight is 370 g/mol. The van der Waals surface area contributed by atoms with Crippen LogP contribution in [0.2, 0.25) is 0 Å². The van der Waals surface area contributed by atoms with E-state index in [4.69, 9.17) is 4.74 Å². The van der Waals surface area contributed by atoms with Crippen molar-refractivity contribution in [2.24, 2.45) is 22.7 Å². The molecule has 4 aliphatic rings. The Morgan fingerprint density at radius 2 is 2.19 bits per heavy atom. The fourth-order valence-electron chi connectivity index (χ4n) is 7.82. The second-order valence-electron chi connectivity index (χ2n) is 9.34. The highest BCUT2D eigenvalue weighted by Gasteiger charge is 2.77. The van der Waals surface area contributed by atoms with Crippen LogP contribution < -0.4 is 4.98 Å². The lowest BCUT2D eigenvalue weighted by Gasteiger charge is -2.61. The first-order valence-corrected chi connectivity index (χ1v) is 10.2. The first-order valence-electron chi connectivity index (χ1n) is 10.2. The molecule has 2 saturated carbocycles. The zero-order chi connectivity index (χ0) is 19.2. The van der Waals surface area contributed by atoms with E-state index in [1.54, 1.807) is 0 Å². The van der Waals surface area contributed by atoms with Gasteiger partial charge in [-0.3, -0.25) is 0 Å². The minimum Gasteiger partial charge on any atom is -0.667 e. The van der Waals surface area contributed by atoms with Gasteiger partial charge < -0.3 is 19.9 Å². The maximum Gasteiger partial charge on any atom is 0.334 e. The Bertz CT molecular complexity index is 856. The molecule has 2 N–H and O–H groups in total. The van der Waals surface area contributed by atoms with E-state index in [-0.39, 0.29) is 28.9 Å². The first kappa shape index (κ1) is 17.5. The van der Waals surface area contributed by atoms with Gasteiger partial charge in [-0.2, -0.15) is 11.9 Å². The highest BCUT2D eigenvalue weighted by atomic mass is 16.5. The quantitative estimate of drug-likeness (QED) is 0.852. The lowest BCUT2D eigenvalue weighted by molar-refractivity contribution is -0.140. The molecule has 0 aliphatic heterocycles. The number of carboxylic acids is 1. The molecule has 1 aromatic heterocycles. The van der Waals surface area contributed by atoms with Crippen LogP contribution in [0.5, 0.6) is 0 Å². The Morgan fingerprint density at radius 1 is 1.41 bits per heavy atom. The molecule has 6 unspecified atom stereocenters. The van der Waals surface area contributed by atoms with Gasteiger partial charge in [0.2, 0.25) is 0 Å². The fourth-order valence-corrected chi connectivity index (χ4v) is 7.82. The predicted molar refractivity (Wildman–Crippen MR) is 99.4 cm³/mol. The van der Waals surface area contributed by atoms with E-state index in [0.29, 0.717) is 18.4 Å². The molecule has 1 spiro atoms. The second-order valence-corrected chi connectivity index (χ2v) is 9.34. The maximum atomic E-state index is 12.5. The van der Waals surface area contributed by atoms with Gasteiger partial charge in [-0.25, -0.2) is 4.79 Å². The van der Waals surface area contributed by atoms with Gasteiger partial charge in [0.25, 0.3) is 0 Å². The molecule has 146 valence electrons. The van der Waals surface area contributed by atoms with E-state index in [2.05, 4.69) is 18.8 Å². The van der Waals surface area contributed by atoms with Crippen LogP contribution >= 0.6 is 0 Å². The van der Waals surface area contributed by atoms with Crippen LogP contribution in [0.15, 0.2) is 23.4 Å². The summed E-state index contributed by atoms with van der Waals surface area (Å²) in [5, 5.41) is 22.2. The molecular weight excluding hydrogens is 342 g/mol. The van der Waals surface area contributed by atoms with Crippen molar-refractivity contribution in [1.29, 1.82) is 0 Å². The van der Waals surface area contributed by atoms with Crippen LogP contribution in [0, 0.1) is 22.7 Å². The number of aliphatic carboxylic acids is 1. The number of carboxylic acid groups (broad SMARTS) is 1. The largest absolute Gasteiger partial charge is 0.667 e. The van der Waals surface area contributed by atoms with E-state index in [9.17, 15) is 15.0 Å². The lowest BCUT2D eigenvalue weighted by atomic mass is 9.43. The summed E-state index contributed by atoms with van der Waals surface area (Å²) in [5.74, 6) is -0.482. The summed E-state index contributed by atoms with van der Waals surface area (Å²) in [6.45, 7) is 6.95. The lowest BCUT2D eigenvalue weighted by Crippen LogP contribution is -2.58. The first-order chi connectivity index (χ1) is 12.8. The molecule has 6 atom stereocenters. The van der Waals surface area contributed by atoms with Crippen molar-refractivity contribution >= 4 is 5.97 Å². The Labute approximate surface area is 159 Å². The summed E-state index contributed by atoms with van der Waals surface area (Å²) in [6, 6.07) is 2.00. The second kappa shape index (κ2) is 5.26. The third-order valence-corrected chi connectivity index (χ3v) is 8.59. The highest BCUT2D eigenvalue weighted by Crippen LogP contribution is 2.80. The minimum absolute atomic E-state index is 0.0269. The normalized spacial score (nSPS) is 44.4. The van der Waals surface area contributed by atoms with E-state index in [1.807, 2.05) is 19.2 Å². The smallest absolute Gasteiger partial charge is 0.334 e. The van der Waals surface area contributed by atoms with Gasteiger partial charge in [-0.05, 0) is 55.4 Å². The fraction of sp³-hybridized carbons (Fsp3) is 0.682. The number of fused-ring (bicyclic) bond motifs is 2. The average Bonchev–Trinajstić information content (AvgIpc) is 3.18. The summed E-state index contributed by atoms with van der Waals surface area (Å²) in [6.07, 6.45) is 5.70. The molecule has 0 aromatic carbocycles. The molecular formula is C22H28NO4-. The van der Waals surface area contributed by atoms with Crippen molar-refractivity contribution in [3.05, 3.63) is 34.7 Å². The molecule has 2 bridgehead atoms. The van der Waals surface area contributed by atoms with Crippen LogP contribution in [0.1, 0.15) is 57.2 Å². The van der Waals surface area contributed by atoms with Gasteiger partial charge in [-0.1, -0.05) is 25.5 Å². The van der Waals surface area contributed by atoms with Gasteiger partial charge in [0.05, 0.1) is 12.2 Å². The summed E-state index contributed by atoms with van der Waals surface area (Å²) >= 11 is 0. The maximum absolute atomic E-state index is 12.5. The third-order valence-electron chi connectivity index (χ3n) is 8.59. The Balaban J connectivity index is 1.86. The van der Waals surface area contributed by atoms with Crippen LogP contribution in [0.25, 0.3) is 0 Å². The number of carbonyl (C=O) groups is 1. The molecule has 27 heavy (non-hydrogen) atoms. The Hall–Kier alpha value is -1.59. The number of hydrogen-bond acceptors (Lipinski definition) is 3. The van der Waals surface area contributed by atoms with Crippen molar-refractivity contribution in [1.82, 2.24) is 4.98 Å². The summed E-state index contributed by atoms with van der Waals surface area (Å²) in [5.41, 5.74) is 1.44. The summed E-state index contributed by atoms with van der Waals surface area (Å²) < 4.78 is 5.68. The molecule has 0 radical (unpaired) electrons. The number of ether oxygens (including phenoxy) is 1. The molecule has 5 rings (SSSR count). The standard InChI is InChI=1S/C22H28NO4/c1-4-27-11-21(26)17(19(24)25)15-9-13-6-5-12(2)22(15)18(21)14-7-8-23-16(14)10-20(13,22)3/h7-8,12-13,18,26H,4-6,9-11H2,1-3H3,(H,24,25)/q-1. The monoisotopic (exact) mass is 370 g/mol. The molecule has 5 nitrogen and oxygen atoms in total. The number of aliphatic hydroxyl groups is 1. The van der Waals surface area contributed by atoms with Crippen molar-refractivity contribution < 1.29 is 19.7 Å². The van der Waals surface area contributed by atoms with Crippen molar-refractivity contribution in [3.63, 3.8) is 0 Å². The molecule has 0 saturated heterocycles. The Morgan fingerprint density at radius 3 is 2.89 bits per heavy atom. The molecule has 4 aliphatic carbocycles. The van der Waals surface area contributed by atoms with Crippen molar-refractivity contribution in [2.75, 3.05) is 13.2 Å². The zero-order valence-electron chi connectivity index (χ0n) is 16.3. The SMILES string of the molecule is CCOCC1(O)C(C(=O)O)=C2CC3CCC(C)C24C1c1cc[n-]c1CC34C. The van der Waals surface area contributed by atoms with E-state index in [1.165, 1.54) is 0 Å². The third kappa shape index (κ3) is 1.72. The number of allylic oxidation sites excluding steroid dienone is 1. The molecule has 1 heterocycles. The van der Waals surface area contributed by atoms with Gasteiger partial charge in [-0.15, -0.1) is 0 Å².